The molecule has 1 aliphatic heterocycles. The summed E-state index contributed by atoms with van der Waals surface area (Å²) in [6, 6.07) is 14.6. The molecule has 0 saturated carbocycles. The number of nitrogens with zero attached hydrogens (tertiary/aromatic N) is 3. The summed E-state index contributed by atoms with van der Waals surface area (Å²) in [6.45, 7) is 0.840. The summed E-state index contributed by atoms with van der Waals surface area (Å²) in [5.41, 5.74) is 2.27. The van der Waals surface area contributed by atoms with Crippen LogP contribution in [0.25, 0.3) is 11.1 Å². The largest absolute Gasteiger partial charge is 0.455 e. The standard InChI is InChI=1S/C22H19ClN4O4/c23-17-11-16(6-5-15(17)12-24)25-20(28)13-30-21(29)14-7-9-27(10-8-14)22-26-18-3-1-2-4-19(18)31-22/h1-6,11,14H,7-10,13H2,(H,25,28). The molecule has 1 fully saturated rings. The lowest BCUT2D eigenvalue weighted by atomic mass is 9.97. The smallest absolute Gasteiger partial charge is 0.309 e. The Kier molecular flexibility index (Phi) is 6.05. The second-order valence-corrected chi connectivity index (χ2v) is 7.60. The number of hydrogen-bond acceptors (Lipinski definition) is 7. The Morgan fingerprint density at radius 2 is 2.03 bits per heavy atom. The molecule has 1 amide bonds. The van der Waals surface area contributed by atoms with E-state index in [2.05, 4.69) is 10.3 Å². The fraction of sp³-hybridized carbons (Fsp3) is 0.273. The van der Waals surface area contributed by atoms with Gasteiger partial charge in [0.1, 0.15) is 11.6 Å². The Bertz CT molecular complexity index is 1130. The Balaban J connectivity index is 1.25. The molecule has 2 aromatic carbocycles. The van der Waals surface area contributed by atoms with Crippen LogP contribution < -0.4 is 10.2 Å². The molecule has 1 N–H and O–H groups in total. The maximum absolute atomic E-state index is 12.4. The van der Waals surface area contributed by atoms with Gasteiger partial charge in [-0.1, -0.05) is 23.7 Å². The number of esters is 1. The van der Waals surface area contributed by atoms with Crippen LogP contribution in [0, 0.1) is 17.2 Å². The Morgan fingerprint density at radius 1 is 1.26 bits per heavy atom. The van der Waals surface area contributed by atoms with Gasteiger partial charge in [0.2, 0.25) is 0 Å². The summed E-state index contributed by atoms with van der Waals surface area (Å²) in [5.74, 6) is -1.15. The van der Waals surface area contributed by atoms with Gasteiger partial charge in [-0.05, 0) is 43.2 Å². The molecule has 0 aliphatic carbocycles. The Morgan fingerprint density at radius 3 is 2.74 bits per heavy atom. The van der Waals surface area contributed by atoms with Gasteiger partial charge >= 0.3 is 5.97 Å². The van der Waals surface area contributed by atoms with E-state index in [1.54, 1.807) is 6.07 Å². The zero-order valence-corrected chi connectivity index (χ0v) is 17.3. The molecule has 0 unspecified atom stereocenters. The number of anilines is 2. The zero-order chi connectivity index (χ0) is 21.8. The average Bonchev–Trinajstić information content (AvgIpc) is 3.22. The molecule has 1 aliphatic rings. The number of halogens is 1. The first kappa shape index (κ1) is 20.7. The van der Waals surface area contributed by atoms with Gasteiger partial charge in [0, 0.05) is 18.8 Å². The van der Waals surface area contributed by atoms with E-state index in [-0.39, 0.29) is 17.5 Å². The van der Waals surface area contributed by atoms with Gasteiger partial charge in [-0.25, -0.2) is 0 Å². The fourth-order valence-electron chi connectivity index (χ4n) is 3.44. The maximum atomic E-state index is 12.4. The van der Waals surface area contributed by atoms with Crippen molar-refractivity contribution in [3.63, 3.8) is 0 Å². The molecule has 1 aromatic heterocycles. The molecule has 9 heteroatoms. The zero-order valence-electron chi connectivity index (χ0n) is 16.5. The third-order valence-electron chi connectivity index (χ3n) is 5.10. The quantitative estimate of drug-likeness (QED) is 0.604. The van der Waals surface area contributed by atoms with E-state index in [4.69, 9.17) is 26.0 Å². The third kappa shape index (κ3) is 4.78. The van der Waals surface area contributed by atoms with Crippen LogP contribution in [0.15, 0.2) is 46.9 Å². The fourth-order valence-corrected chi connectivity index (χ4v) is 3.66. The number of nitrogens with one attached hydrogen (secondary N) is 1. The number of aromatic nitrogens is 1. The van der Waals surface area contributed by atoms with E-state index in [0.29, 0.717) is 43.2 Å². The van der Waals surface area contributed by atoms with Gasteiger partial charge in [-0.2, -0.15) is 10.2 Å². The predicted molar refractivity (Wildman–Crippen MR) is 115 cm³/mol. The van der Waals surface area contributed by atoms with Crippen LogP contribution in [-0.4, -0.2) is 36.6 Å². The van der Waals surface area contributed by atoms with Crippen molar-refractivity contribution in [2.75, 3.05) is 29.9 Å². The van der Waals surface area contributed by atoms with Crippen molar-refractivity contribution in [1.29, 1.82) is 5.26 Å². The van der Waals surface area contributed by atoms with Crippen LogP contribution in [-0.2, 0) is 14.3 Å². The lowest BCUT2D eigenvalue weighted by Gasteiger charge is -2.29. The molecule has 3 aromatic rings. The number of oxazole rings is 1. The minimum atomic E-state index is -0.474. The second kappa shape index (κ2) is 9.06. The number of amides is 1. The second-order valence-electron chi connectivity index (χ2n) is 7.19. The van der Waals surface area contributed by atoms with E-state index in [1.165, 1.54) is 12.1 Å². The van der Waals surface area contributed by atoms with Gasteiger partial charge in [-0.3, -0.25) is 9.59 Å². The van der Waals surface area contributed by atoms with Crippen LogP contribution >= 0.6 is 11.6 Å². The number of rotatable bonds is 5. The first-order valence-corrected chi connectivity index (χ1v) is 10.2. The van der Waals surface area contributed by atoms with Gasteiger partial charge in [0.05, 0.1) is 16.5 Å². The average molecular weight is 439 g/mol. The monoisotopic (exact) mass is 438 g/mol. The highest BCUT2D eigenvalue weighted by atomic mass is 35.5. The molecule has 8 nitrogen and oxygen atoms in total. The molecule has 4 rings (SSSR count). The molecule has 158 valence electrons. The topological polar surface area (TPSA) is 108 Å². The number of carbonyl (C=O) groups is 2. The normalized spacial score (nSPS) is 14.3. The summed E-state index contributed by atoms with van der Waals surface area (Å²) in [6.07, 6.45) is 1.18. The predicted octanol–water partition coefficient (Wildman–Crippen LogP) is 3.75. The van der Waals surface area contributed by atoms with Crippen molar-refractivity contribution in [1.82, 2.24) is 4.98 Å². The highest BCUT2D eigenvalue weighted by molar-refractivity contribution is 6.32. The molecular weight excluding hydrogens is 420 g/mol. The van der Waals surface area contributed by atoms with Gasteiger partial charge in [0.15, 0.2) is 12.2 Å². The molecule has 0 spiro atoms. The third-order valence-corrected chi connectivity index (χ3v) is 5.41. The molecule has 2 heterocycles. The number of nitriles is 1. The van der Waals surface area contributed by atoms with Crippen LogP contribution in [0.5, 0.6) is 0 Å². The van der Waals surface area contributed by atoms with E-state index < -0.39 is 11.9 Å². The van der Waals surface area contributed by atoms with E-state index in [9.17, 15) is 9.59 Å². The van der Waals surface area contributed by atoms with Crippen molar-refractivity contribution < 1.29 is 18.7 Å². The minimum Gasteiger partial charge on any atom is -0.455 e. The summed E-state index contributed by atoms with van der Waals surface area (Å²) >= 11 is 5.95. The SMILES string of the molecule is N#Cc1ccc(NC(=O)COC(=O)C2CCN(c3nc4ccccc4o3)CC2)cc1Cl. The molecule has 31 heavy (non-hydrogen) atoms. The molecule has 0 radical (unpaired) electrons. The summed E-state index contributed by atoms with van der Waals surface area (Å²) in [4.78, 5) is 30.9. The number of benzene rings is 2. The van der Waals surface area contributed by atoms with Crippen LogP contribution in [0.1, 0.15) is 18.4 Å². The highest BCUT2D eigenvalue weighted by Crippen LogP contribution is 2.27. The maximum Gasteiger partial charge on any atom is 0.309 e. The number of para-hydroxylation sites is 2. The molecular formula is C22H19ClN4O4. The Hall–Kier alpha value is -3.57. The number of carbonyl (C=O) groups excluding carboxylic acids is 2. The highest BCUT2D eigenvalue weighted by Gasteiger charge is 2.28. The number of ether oxygens (including phenoxy) is 1. The van der Waals surface area contributed by atoms with Crippen molar-refractivity contribution in [3.05, 3.63) is 53.1 Å². The lowest BCUT2D eigenvalue weighted by molar-refractivity contribution is -0.152. The van der Waals surface area contributed by atoms with Crippen molar-refractivity contribution in [2.24, 2.45) is 5.92 Å². The van der Waals surface area contributed by atoms with Crippen molar-refractivity contribution in [3.8, 4) is 6.07 Å². The van der Waals surface area contributed by atoms with Gasteiger partial charge in [-0.15, -0.1) is 0 Å². The van der Waals surface area contributed by atoms with Crippen LogP contribution in [0.3, 0.4) is 0 Å². The van der Waals surface area contributed by atoms with E-state index in [0.717, 1.165) is 11.1 Å². The van der Waals surface area contributed by atoms with Gasteiger partial charge < -0.3 is 19.4 Å². The van der Waals surface area contributed by atoms with Crippen molar-refractivity contribution >= 4 is 46.3 Å². The number of hydrogen-bond donors (Lipinski definition) is 1. The minimum absolute atomic E-state index is 0.239. The summed E-state index contributed by atoms with van der Waals surface area (Å²) < 4.78 is 11.0. The first-order valence-electron chi connectivity index (χ1n) is 9.80. The van der Waals surface area contributed by atoms with Crippen molar-refractivity contribution in [2.45, 2.75) is 12.8 Å². The van der Waals surface area contributed by atoms with Crippen LogP contribution in [0.4, 0.5) is 11.7 Å². The summed E-state index contributed by atoms with van der Waals surface area (Å²) in [7, 11) is 0. The molecule has 1 saturated heterocycles. The number of fused-ring (bicyclic) bond motifs is 1. The first-order chi connectivity index (χ1) is 15.0. The lowest BCUT2D eigenvalue weighted by Crippen LogP contribution is -2.37. The van der Waals surface area contributed by atoms with Crippen LogP contribution in [0.2, 0.25) is 5.02 Å². The number of piperidine rings is 1. The van der Waals surface area contributed by atoms with E-state index in [1.807, 2.05) is 35.2 Å². The van der Waals surface area contributed by atoms with E-state index >= 15 is 0 Å². The molecule has 0 atom stereocenters. The summed E-state index contributed by atoms with van der Waals surface area (Å²) in [5, 5.41) is 11.7. The Labute approximate surface area is 183 Å². The van der Waals surface area contributed by atoms with Gasteiger partial charge in [0.25, 0.3) is 11.9 Å². The molecule has 0 bridgehead atoms.